The van der Waals surface area contributed by atoms with E-state index in [9.17, 15) is 4.79 Å². The smallest absolute Gasteiger partial charge is 0.414 e. The van der Waals surface area contributed by atoms with Crippen LogP contribution in [0.3, 0.4) is 0 Å². The number of pyridine rings is 1. The van der Waals surface area contributed by atoms with E-state index in [1.807, 2.05) is 26.8 Å². The Morgan fingerprint density at radius 2 is 2.14 bits per heavy atom. The summed E-state index contributed by atoms with van der Waals surface area (Å²) >= 11 is 3.39. The lowest BCUT2D eigenvalue weighted by Gasteiger charge is -2.28. The normalized spacial score (nSPS) is 11.0. The first kappa shape index (κ1) is 17.5. The van der Waals surface area contributed by atoms with Gasteiger partial charge in [0, 0.05) is 29.0 Å². The standard InChI is InChI=1S/C15H22BrN3O2/c1-10(2)19(14(20)21-15(3,4)5)9-11-7-12(16)8-18-13(11)17-6/h7-8H,1,9H2,2-6H3,(H,17,18). The van der Waals surface area contributed by atoms with Crippen LogP contribution in [0.15, 0.2) is 29.0 Å². The number of carbonyl (C=O) groups excluding carboxylic acids is 1. The number of anilines is 1. The van der Waals surface area contributed by atoms with Gasteiger partial charge in [-0.2, -0.15) is 0 Å². The molecule has 1 aromatic rings. The molecule has 6 heteroatoms. The maximum atomic E-state index is 12.3. The van der Waals surface area contributed by atoms with Gasteiger partial charge in [0.25, 0.3) is 0 Å². The molecule has 0 fully saturated rings. The largest absolute Gasteiger partial charge is 0.443 e. The molecule has 5 nitrogen and oxygen atoms in total. The highest BCUT2D eigenvalue weighted by Gasteiger charge is 2.23. The zero-order valence-electron chi connectivity index (χ0n) is 13.2. The number of hydrogen-bond acceptors (Lipinski definition) is 4. The first-order valence-corrected chi connectivity index (χ1v) is 7.41. The molecule has 1 amide bonds. The molecule has 0 atom stereocenters. The SMILES string of the molecule is C=C(C)N(Cc1cc(Br)cnc1NC)C(=O)OC(C)(C)C. The first-order chi connectivity index (χ1) is 9.64. The van der Waals surface area contributed by atoms with Gasteiger partial charge in [0.05, 0.1) is 6.54 Å². The van der Waals surface area contributed by atoms with Crippen LogP contribution in [-0.4, -0.2) is 28.6 Å². The van der Waals surface area contributed by atoms with Gasteiger partial charge >= 0.3 is 6.09 Å². The molecule has 0 aliphatic carbocycles. The van der Waals surface area contributed by atoms with Crippen molar-refractivity contribution in [3.8, 4) is 0 Å². The van der Waals surface area contributed by atoms with Gasteiger partial charge in [0.15, 0.2) is 0 Å². The summed E-state index contributed by atoms with van der Waals surface area (Å²) in [4.78, 5) is 18.1. The van der Waals surface area contributed by atoms with Crippen molar-refractivity contribution < 1.29 is 9.53 Å². The predicted molar refractivity (Wildman–Crippen MR) is 88.1 cm³/mol. The number of halogens is 1. The fourth-order valence-electron chi connectivity index (χ4n) is 1.67. The molecular weight excluding hydrogens is 334 g/mol. The Hall–Kier alpha value is -1.56. The maximum Gasteiger partial charge on any atom is 0.414 e. The van der Waals surface area contributed by atoms with Crippen LogP contribution < -0.4 is 5.32 Å². The van der Waals surface area contributed by atoms with Crippen molar-refractivity contribution in [3.63, 3.8) is 0 Å². The molecule has 0 aliphatic rings. The van der Waals surface area contributed by atoms with Gasteiger partial charge in [-0.25, -0.2) is 9.78 Å². The van der Waals surface area contributed by atoms with E-state index in [4.69, 9.17) is 4.74 Å². The van der Waals surface area contributed by atoms with Crippen molar-refractivity contribution in [1.29, 1.82) is 0 Å². The number of nitrogens with one attached hydrogen (secondary N) is 1. The fraction of sp³-hybridized carbons (Fsp3) is 0.467. The van der Waals surface area contributed by atoms with E-state index in [-0.39, 0.29) is 0 Å². The van der Waals surface area contributed by atoms with Crippen molar-refractivity contribution >= 4 is 27.8 Å². The van der Waals surface area contributed by atoms with E-state index in [2.05, 4.69) is 32.8 Å². The van der Waals surface area contributed by atoms with Crippen LogP contribution in [-0.2, 0) is 11.3 Å². The van der Waals surface area contributed by atoms with Gasteiger partial charge in [-0.1, -0.05) is 6.58 Å². The number of allylic oxidation sites excluding steroid dienone is 1. The summed E-state index contributed by atoms with van der Waals surface area (Å²) in [6.07, 6.45) is 1.28. The molecule has 0 saturated heterocycles. The summed E-state index contributed by atoms with van der Waals surface area (Å²) in [6.45, 7) is 11.5. The van der Waals surface area contributed by atoms with E-state index >= 15 is 0 Å². The van der Waals surface area contributed by atoms with Gasteiger partial charge in [-0.15, -0.1) is 0 Å². The van der Waals surface area contributed by atoms with Crippen molar-refractivity contribution in [3.05, 3.63) is 34.6 Å². The first-order valence-electron chi connectivity index (χ1n) is 6.62. The molecule has 1 rings (SSSR count). The second-order valence-electron chi connectivity index (χ2n) is 5.71. The highest BCUT2D eigenvalue weighted by molar-refractivity contribution is 9.10. The Morgan fingerprint density at radius 1 is 1.52 bits per heavy atom. The van der Waals surface area contributed by atoms with Crippen molar-refractivity contribution in [1.82, 2.24) is 9.88 Å². The Kier molecular flexibility index (Phi) is 5.78. The molecule has 0 aromatic carbocycles. The molecule has 0 radical (unpaired) electrons. The lowest BCUT2D eigenvalue weighted by molar-refractivity contribution is 0.0302. The third-order valence-corrected chi connectivity index (χ3v) is 3.01. The number of aromatic nitrogens is 1. The zero-order valence-corrected chi connectivity index (χ0v) is 14.7. The number of ether oxygens (including phenoxy) is 1. The van der Waals surface area contributed by atoms with Crippen molar-refractivity contribution in [2.24, 2.45) is 0 Å². The number of hydrogen-bond donors (Lipinski definition) is 1. The highest BCUT2D eigenvalue weighted by Crippen LogP contribution is 2.22. The highest BCUT2D eigenvalue weighted by atomic mass is 79.9. The van der Waals surface area contributed by atoms with Crippen LogP contribution in [0.1, 0.15) is 33.3 Å². The van der Waals surface area contributed by atoms with E-state index < -0.39 is 11.7 Å². The van der Waals surface area contributed by atoms with Crippen LogP contribution in [0, 0.1) is 0 Å². The number of rotatable bonds is 4. The molecule has 1 N–H and O–H groups in total. The van der Waals surface area contributed by atoms with Crippen molar-refractivity contribution in [2.75, 3.05) is 12.4 Å². The zero-order chi connectivity index (χ0) is 16.2. The summed E-state index contributed by atoms with van der Waals surface area (Å²) in [6, 6.07) is 1.92. The Labute approximate surface area is 134 Å². The van der Waals surface area contributed by atoms with Gasteiger partial charge in [0.2, 0.25) is 0 Å². The van der Waals surface area contributed by atoms with Crippen LogP contribution in [0.2, 0.25) is 0 Å². The Balaban J connectivity index is 3.01. The van der Waals surface area contributed by atoms with Gasteiger partial charge in [-0.05, 0) is 49.7 Å². The van der Waals surface area contributed by atoms with E-state index in [1.54, 1.807) is 20.2 Å². The van der Waals surface area contributed by atoms with Crippen molar-refractivity contribution in [2.45, 2.75) is 39.8 Å². The maximum absolute atomic E-state index is 12.3. The lowest BCUT2D eigenvalue weighted by Crippen LogP contribution is -2.35. The van der Waals surface area contributed by atoms with Crippen LogP contribution >= 0.6 is 15.9 Å². The summed E-state index contributed by atoms with van der Waals surface area (Å²) in [5, 5.41) is 3.01. The predicted octanol–water partition coefficient (Wildman–Crippen LogP) is 4.16. The summed E-state index contributed by atoms with van der Waals surface area (Å²) < 4.78 is 6.26. The van der Waals surface area contributed by atoms with Crippen LogP contribution in [0.4, 0.5) is 10.6 Å². The third kappa shape index (κ3) is 5.38. The quantitative estimate of drug-likeness (QED) is 0.880. The minimum absolute atomic E-state index is 0.340. The summed E-state index contributed by atoms with van der Waals surface area (Å²) in [7, 11) is 1.79. The minimum atomic E-state index is -0.549. The number of nitrogens with zero attached hydrogens (tertiary/aromatic N) is 2. The average molecular weight is 356 g/mol. The Bertz CT molecular complexity index is 538. The molecule has 116 valence electrons. The molecule has 0 unspecified atom stereocenters. The third-order valence-electron chi connectivity index (χ3n) is 2.57. The Morgan fingerprint density at radius 3 is 2.62 bits per heavy atom. The van der Waals surface area contributed by atoms with Crippen LogP contribution in [0.25, 0.3) is 0 Å². The lowest BCUT2D eigenvalue weighted by atomic mass is 10.2. The molecule has 0 saturated carbocycles. The van der Waals surface area contributed by atoms with E-state index in [0.717, 1.165) is 10.0 Å². The number of amides is 1. The fourth-order valence-corrected chi connectivity index (χ4v) is 2.05. The topological polar surface area (TPSA) is 54.5 Å². The molecule has 0 bridgehead atoms. The molecule has 0 aliphatic heterocycles. The summed E-state index contributed by atoms with van der Waals surface area (Å²) in [5.41, 5.74) is 0.943. The molecule has 1 aromatic heterocycles. The molecular formula is C15H22BrN3O2. The average Bonchev–Trinajstić information content (AvgIpc) is 2.33. The molecule has 1 heterocycles. The second kappa shape index (κ2) is 6.93. The van der Waals surface area contributed by atoms with E-state index in [1.165, 1.54) is 4.90 Å². The van der Waals surface area contributed by atoms with Gasteiger partial charge < -0.3 is 10.1 Å². The summed E-state index contributed by atoms with van der Waals surface area (Å²) in [5.74, 6) is 0.716. The number of carbonyl (C=O) groups is 1. The second-order valence-corrected chi connectivity index (χ2v) is 6.63. The molecule has 0 spiro atoms. The molecule has 21 heavy (non-hydrogen) atoms. The van der Waals surface area contributed by atoms with Gasteiger partial charge in [-0.3, -0.25) is 4.90 Å². The van der Waals surface area contributed by atoms with Crippen LogP contribution in [0.5, 0.6) is 0 Å². The monoisotopic (exact) mass is 355 g/mol. The van der Waals surface area contributed by atoms with Gasteiger partial charge in [0.1, 0.15) is 11.4 Å². The minimum Gasteiger partial charge on any atom is -0.443 e. The van der Waals surface area contributed by atoms with E-state index in [0.29, 0.717) is 18.1 Å².